The number of amides is 1. The molecule has 1 aromatic rings. The van der Waals surface area contributed by atoms with Gasteiger partial charge in [0.1, 0.15) is 6.04 Å². The Morgan fingerprint density at radius 1 is 1.19 bits per heavy atom. The summed E-state index contributed by atoms with van der Waals surface area (Å²) < 4.78 is 0. The van der Waals surface area contributed by atoms with E-state index >= 15 is 0 Å². The fourth-order valence-corrected chi connectivity index (χ4v) is 1.76. The Bertz CT molecular complexity index is 365. The summed E-state index contributed by atoms with van der Waals surface area (Å²) in [6.45, 7) is 5.98. The number of hydrogen-bond acceptors (Lipinski definition) is 2. The van der Waals surface area contributed by atoms with Crippen LogP contribution in [0.4, 0.5) is 5.69 Å². The van der Waals surface area contributed by atoms with Crippen LogP contribution in [0.25, 0.3) is 0 Å². The monoisotopic (exact) mass is 220 g/mol. The van der Waals surface area contributed by atoms with Crippen LogP contribution < -0.4 is 5.32 Å². The van der Waals surface area contributed by atoms with Crippen LogP contribution in [-0.2, 0) is 4.79 Å². The molecule has 1 unspecified atom stereocenters. The number of carbonyl (C=O) groups is 1. The van der Waals surface area contributed by atoms with E-state index in [-0.39, 0.29) is 11.9 Å². The maximum atomic E-state index is 11.7. The molecular weight excluding hydrogens is 200 g/mol. The van der Waals surface area contributed by atoms with Crippen LogP contribution in [0.3, 0.4) is 0 Å². The number of nitrogens with one attached hydrogen (secondary N) is 1. The molecule has 1 N–H and O–H groups in total. The molecule has 1 aromatic carbocycles. The maximum absolute atomic E-state index is 11.7. The third kappa shape index (κ3) is 3.26. The Labute approximate surface area is 97.5 Å². The van der Waals surface area contributed by atoms with Crippen LogP contribution in [0.2, 0.25) is 0 Å². The van der Waals surface area contributed by atoms with E-state index in [1.54, 1.807) is 19.0 Å². The minimum absolute atomic E-state index is 0.0826. The molecule has 0 saturated heterocycles. The van der Waals surface area contributed by atoms with Gasteiger partial charge in [0, 0.05) is 19.8 Å². The van der Waals surface area contributed by atoms with Gasteiger partial charge in [0.15, 0.2) is 0 Å². The largest absolute Gasteiger partial charge is 0.374 e. The number of likely N-dealkylation sites (N-methyl/N-ethyl adjacent to an activating group) is 1. The summed E-state index contributed by atoms with van der Waals surface area (Å²) in [5.74, 6) is 0.0826. The molecule has 0 bridgehead atoms. The predicted octanol–water partition coefficient (Wildman–Crippen LogP) is 2.19. The van der Waals surface area contributed by atoms with Crippen LogP contribution in [0, 0.1) is 13.8 Å². The molecule has 0 aromatic heterocycles. The number of aryl methyl sites for hydroxylation is 2. The average Bonchev–Trinajstić information content (AvgIpc) is 2.14. The molecule has 3 heteroatoms. The van der Waals surface area contributed by atoms with Crippen molar-refractivity contribution in [2.45, 2.75) is 26.8 Å². The first-order valence-electron chi connectivity index (χ1n) is 5.46. The molecule has 0 aliphatic carbocycles. The van der Waals surface area contributed by atoms with E-state index in [0.29, 0.717) is 0 Å². The Morgan fingerprint density at radius 3 is 2.12 bits per heavy atom. The summed E-state index contributed by atoms with van der Waals surface area (Å²) in [4.78, 5) is 13.3. The number of carbonyl (C=O) groups excluding carboxylic acids is 1. The molecule has 0 aliphatic rings. The highest BCUT2D eigenvalue weighted by atomic mass is 16.2. The van der Waals surface area contributed by atoms with Crippen LogP contribution >= 0.6 is 0 Å². The summed E-state index contributed by atoms with van der Waals surface area (Å²) in [5.41, 5.74) is 3.40. The summed E-state index contributed by atoms with van der Waals surface area (Å²) in [5, 5.41) is 3.21. The van der Waals surface area contributed by atoms with Crippen molar-refractivity contribution < 1.29 is 4.79 Å². The van der Waals surface area contributed by atoms with Crippen molar-refractivity contribution >= 4 is 11.6 Å². The van der Waals surface area contributed by atoms with Gasteiger partial charge in [-0.3, -0.25) is 4.79 Å². The second-order valence-electron chi connectivity index (χ2n) is 4.48. The van der Waals surface area contributed by atoms with E-state index in [0.717, 1.165) is 5.69 Å². The molecular formula is C13H20N2O. The zero-order valence-electron chi connectivity index (χ0n) is 10.7. The average molecular weight is 220 g/mol. The number of anilines is 1. The lowest BCUT2D eigenvalue weighted by molar-refractivity contribution is -0.129. The number of nitrogens with zero attached hydrogens (tertiary/aromatic N) is 1. The molecule has 16 heavy (non-hydrogen) atoms. The molecule has 3 nitrogen and oxygen atoms in total. The molecule has 0 fully saturated rings. The van der Waals surface area contributed by atoms with Crippen molar-refractivity contribution in [3.63, 3.8) is 0 Å². The van der Waals surface area contributed by atoms with Gasteiger partial charge in [0.05, 0.1) is 0 Å². The van der Waals surface area contributed by atoms with E-state index in [9.17, 15) is 4.79 Å². The fraction of sp³-hybridized carbons (Fsp3) is 0.462. The molecule has 1 amide bonds. The van der Waals surface area contributed by atoms with Crippen molar-refractivity contribution in [1.29, 1.82) is 0 Å². The van der Waals surface area contributed by atoms with Gasteiger partial charge in [-0.2, -0.15) is 0 Å². The molecule has 0 heterocycles. The normalized spacial score (nSPS) is 12.1. The Morgan fingerprint density at radius 2 is 1.69 bits per heavy atom. The zero-order chi connectivity index (χ0) is 12.3. The quantitative estimate of drug-likeness (QED) is 0.847. The molecule has 0 saturated carbocycles. The molecule has 0 aliphatic heterocycles. The van der Waals surface area contributed by atoms with Crippen molar-refractivity contribution in [3.8, 4) is 0 Å². The predicted molar refractivity (Wildman–Crippen MR) is 67.7 cm³/mol. The van der Waals surface area contributed by atoms with Crippen LogP contribution in [0.1, 0.15) is 18.1 Å². The Kier molecular flexibility index (Phi) is 3.93. The Balaban J connectivity index is 2.76. The third-order valence-corrected chi connectivity index (χ3v) is 2.42. The molecule has 0 radical (unpaired) electrons. The maximum Gasteiger partial charge on any atom is 0.244 e. The second-order valence-corrected chi connectivity index (χ2v) is 4.48. The summed E-state index contributed by atoms with van der Waals surface area (Å²) in [7, 11) is 3.53. The van der Waals surface area contributed by atoms with Gasteiger partial charge in [0.25, 0.3) is 0 Å². The lowest BCUT2D eigenvalue weighted by atomic mass is 10.1. The smallest absolute Gasteiger partial charge is 0.244 e. The van der Waals surface area contributed by atoms with Crippen molar-refractivity contribution in [1.82, 2.24) is 4.90 Å². The van der Waals surface area contributed by atoms with Gasteiger partial charge >= 0.3 is 0 Å². The van der Waals surface area contributed by atoms with Gasteiger partial charge in [-0.05, 0) is 44.0 Å². The fourth-order valence-electron chi connectivity index (χ4n) is 1.76. The first-order chi connectivity index (χ1) is 7.40. The molecule has 1 atom stereocenters. The number of rotatable bonds is 3. The van der Waals surface area contributed by atoms with Gasteiger partial charge in [-0.15, -0.1) is 0 Å². The van der Waals surface area contributed by atoms with E-state index in [4.69, 9.17) is 0 Å². The minimum atomic E-state index is -0.198. The van der Waals surface area contributed by atoms with E-state index in [1.807, 2.05) is 19.1 Å². The highest BCUT2D eigenvalue weighted by Gasteiger charge is 2.14. The minimum Gasteiger partial charge on any atom is -0.374 e. The van der Waals surface area contributed by atoms with Crippen molar-refractivity contribution in [2.24, 2.45) is 0 Å². The molecule has 0 spiro atoms. The first kappa shape index (κ1) is 12.6. The summed E-state index contributed by atoms with van der Waals surface area (Å²) >= 11 is 0. The van der Waals surface area contributed by atoms with E-state index in [1.165, 1.54) is 11.1 Å². The Hall–Kier alpha value is -1.51. The summed E-state index contributed by atoms with van der Waals surface area (Å²) in [6, 6.07) is 6.01. The van der Waals surface area contributed by atoms with Gasteiger partial charge in [0.2, 0.25) is 5.91 Å². The summed E-state index contributed by atoms with van der Waals surface area (Å²) in [6.07, 6.45) is 0. The van der Waals surface area contributed by atoms with Gasteiger partial charge in [-0.25, -0.2) is 0 Å². The number of hydrogen-bond donors (Lipinski definition) is 1. The highest BCUT2D eigenvalue weighted by Crippen LogP contribution is 2.14. The third-order valence-electron chi connectivity index (χ3n) is 2.42. The second kappa shape index (κ2) is 5.01. The zero-order valence-corrected chi connectivity index (χ0v) is 10.7. The lowest BCUT2D eigenvalue weighted by Gasteiger charge is -2.19. The highest BCUT2D eigenvalue weighted by molar-refractivity contribution is 5.83. The lowest BCUT2D eigenvalue weighted by Crippen LogP contribution is -2.36. The molecule has 88 valence electrons. The SMILES string of the molecule is Cc1cc(C)cc(NC(C)C(=O)N(C)C)c1. The van der Waals surface area contributed by atoms with Gasteiger partial charge < -0.3 is 10.2 Å². The first-order valence-corrected chi connectivity index (χ1v) is 5.46. The van der Waals surface area contributed by atoms with Crippen LogP contribution in [0.5, 0.6) is 0 Å². The van der Waals surface area contributed by atoms with E-state index in [2.05, 4.69) is 25.2 Å². The topological polar surface area (TPSA) is 32.3 Å². The van der Waals surface area contributed by atoms with E-state index < -0.39 is 0 Å². The standard InChI is InChI=1S/C13H20N2O/c1-9-6-10(2)8-12(7-9)14-11(3)13(16)15(4)5/h6-8,11,14H,1-5H3. The molecule has 1 rings (SSSR count). The van der Waals surface area contributed by atoms with Crippen molar-refractivity contribution in [2.75, 3.05) is 19.4 Å². The van der Waals surface area contributed by atoms with Crippen molar-refractivity contribution in [3.05, 3.63) is 29.3 Å². The van der Waals surface area contributed by atoms with Crippen LogP contribution in [0.15, 0.2) is 18.2 Å². The number of benzene rings is 1. The van der Waals surface area contributed by atoms with Crippen LogP contribution in [-0.4, -0.2) is 30.9 Å². The van der Waals surface area contributed by atoms with Gasteiger partial charge in [-0.1, -0.05) is 6.07 Å².